The van der Waals surface area contributed by atoms with Crippen molar-refractivity contribution in [2.75, 3.05) is 0 Å². The summed E-state index contributed by atoms with van der Waals surface area (Å²) in [7, 11) is 0. The van der Waals surface area contributed by atoms with Gasteiger partial charge in [-0.3, -0.25) is 0 Å². The van der Waals surface area contributed by atoms with Gasteiger partial charge in [0.1, 0.15) is 19.0 Å². The number of H-pyrrole nitrogens is 2. The lowest BCUT2D eigenvalue weighted by atomic mass is 10.3. The highest BCUT2D eigenvalue weighted by atomic mass is 35.5. The van der Waals surface area contributed by atoms with E-state index in [4.69, 9.17) is 21.1 Å². The summed E-state index contributed by atoms with van der Waals surface area (Å²) in [5.74, 6) is 1.49. The number of aromatic amines is 2. The van der Waals surface area contributed by atoms with Gasteiger partial charge in [0.25, 0.3) is 0 Å². The highest BCUT2D eigenvalue weighted by Crippen LogP contribution is 2.24. The first-order valence-electron chi connectivity index (χ1n) is 8.52. The van der Waals surface area contributed by atoms with Gasteiger partial charge in [-0.1, -0.05) is 35.9 Å². The average Bonchev–Trinajstić information content (AvgIpc) is 3.36. The Morgan fingerprint density at radius 1 is 0.786 bits per heavy atom. The second kappa shape index (κ2) is 8.14. The van der Waals surface area contributed by atoms with Crippen LogP contribution in [0.4, 0.5) is 4.39 Å². The summed E-state index contributed by atoms with van der Waals surface area (Å²) < 4.78 is 24.7. The Hall–Kier alpha value is -3.32. The SMILES string of the molecule is Fc1ccccc1OCc1c[nH]c(-c2nc(COc3ccccc3Cl)c[nH]2)n1. The molecule has 4 aromatic rings. The molecule has 0 bridgehead atoms. The molecule has 4 rings (SSSR count). The minimum absolute atomic E-state index is 0.140. The number of rotatable bonds is 7. The summed E-state index contributed by atoms with van der Waals surface area (Å²) >= 11 is 6.07. The maximum absolute atomic E-state index is 13.6. The van der Waals surface area contributed by atoms with Gasteiger partial charge in [-0.2, -0.15) is 0 Å². The molecule has 2 N–H and O–H groups in total. The van der Waals surface area contributed by atoms with Crippen molar-refractivity contribution in [3.8, 4) is 23.1 Å². The van der Waals surface area contributed by atoms with E-state index in [1.54, 1.807) is 42.7 Å². The maximum Gasteiger partial charge on any atom is 0.173 e. The van der Waals surface area contributed by atoms with Gasteiger partial charge in [0.2, 0.25) is 0 Å². The number of nitrogens with zero attached hydrogens (tertiary/aromatic N) is 2. The summed E-state index contributed by atoms with van der Waals surface area (Å²) in [5, 5.41) is 0.545. The van der Waals surface area contributed by atoms with Crippen molar-refractivity contribution >= 4 is 11.6 Å². The number of ether oxygens (including phenoxy) is 2. The van der Waals surface area contributed by atoms with Crippen LogP contribution in [0, 0.1) is 5.82 Å². The van der Waals surface area contributed by atoms with Crippen LogP contribution in [0.2, 0.25) is 5.02 Å². The Balaban J connectivity index is 1.38. The molecule has 0 aliphatic heterocycles. The Morgan fingerprint density at radius 2 is 1.32 bits per heavy atom. The normalized spacial score (nSPS) is 10.8. The predicted molar refractivity (Wildman–Crippen MR) is 103 cm³/mol. The van der Waals surface area contributed by atoms with Gasteiger partial charge in [-0.25, -0.2) is 14.4 Å². The van der Waals surface area contributed by atoms with Gasteiger partial charge in [-0.05, 0) is 24.3 Å². The second-order valence-electron chi connectivity index (χ2n) is 5.92. The fraction of sp³-hybridized carbons (Fsp3) is 0.100. The number of para-hydroxylation sites is 2. The Labute approximate surface area is 165 Å². The van der Waals surface area contributed by atoms with Crippen LogP contribution in [-0.4, -0.2) is 19.9 Å². The van der Waals surface area contributed by atoms with Crippen LogP contribution in [0.3, 0.4) is 0 Å². The molecule has 2 aromatic carbocycles. The first kappa shape index (κ1) is 18.1. The largest absolute Gasteiger partial charge is 0.486 e. The van der Waals surface area contributed by atoms with E-state index in [0.717, 1.165) is 0 Å². The van der Waals surface area contributed by atoms with Crippen molar-refractivity contribution in [2.24, 2.45) is 0 Å². The molecule has 0 unspecified atom stereocenters. The van der Waals surface area contributed by atoms with Gasteiger partial charge in [0.15, 0.2) is 23.2 Å². The van der Waals surface area contributed by atoms with Crippen molar-refractivity contribution in [3.63, 3.8) is 0 Å². The molecule has 0 aliphatic carbocycles. The van der Waals surface area contributed by atoms with E-state index in [1.165, 1.54) is 6.07 Å². The molecule has 0 spiro atoms. The first-order valence-corrected chi connectivity index (χ1v) is 8.90. The van der Waals surface area contributed by atoms with E-state index >= 15 is 0 Å². The Kier molecular flexibility index (Phi) is 5.25. The Bertz CT molecular complexity index is 994. The molecule has 0 saturated carbocycles. The number of benzene rings is 2. The number of hydrogen-bond donors (Lipinski definition) is 2. The molecule has 2 heterocycles. The van der Waals surface area contributed by atoms with Crippen LogP contribution in [0.5, 0.6) is 11.5 Å². The van der Waals surface area contributed by atoms with Crippen molar-refractivity contribution in [3.05, 3.63) is 83.2 Å². The highest BCUT2D eigenvalue weighted by molar-refractivity contribution is 6.32. The number of aromatic nitrogens is 4. The van der Waals surface area contributed by atoms with Crippen molar-refractivity contribution < 1.29 is 13.9 Å². The van der Waals surface area contributed by atoms with Crippen LogP contribution in [0.15, 0.2) is 60.9 Å². The van der Waals surface area contributed by atoms with Gasteiger partial charge in [0.05, 0.1) is 16.4 Å². The molecule has 0 atom stereocenters. The summed E-state index contributed by atoms with van der Waals surface area (Å²) in [6.07, 6.45) is 3.43. The third-order valence-corrected chi connectivity index (χ3v) is 4.22. The summed E-state index contributed by atoms with van der Waals surface area (Å²) in [5.41, 5.74) is 1.33. The standard InChI is InChI=1S/C20H16ClFN4O2/c21-15-5-1-3-7-17(15)27-11-13-9-23-19(25-13)20-24-10-14(26-20)12-28-18-8-4-2-6-16(18)22/h1-10H,11-12H2,(H,23,25)(H,24,26). The quantitative estimate of drug-likeness (QED) is 0.471. The summed E-state index contributed by atoms with van der Waals surface area (Å²) in [4.78, 5) is 14.9. The van der Waals surface area contributed by atoms with Crippen molar-refractivity contribution in [2.45, 2.75) is 13.2 Å². The number of imidazole rings is 2. The van der Waals surface area contributed by atoms with Crippen LogP contribution in [0.25, 0.3) is 11.6 Å². The smallest absolute Gasteiger partial charge is 0.173 e. The highest BCUT2D eigenvalue weighted by Gasteiger charge is 2.11. The molecule has 142 valence electrons. The zero-order valence-corrected chi connectivity index (χ0v) is 15.4. The minimum Gasteiger partial charge on any atom is -0.486 e. The first-order chi connectivity index (χ1) is 13.7. The zero-order valence-electron chi connectivity index (χ0n) is 14.7. The van der Waals surface area contributed by atoms with E-state index in [0.29, 0.717) is 33.8 Å². The second-order valence-corrected chi connectivity index (χ2v) is 6.33. The van der Waals surface area contributed by atoms with Crippen LogP contribution >= 0.6 is 11.6 Å². The van der Waals surface area contributed by atoms with Crippen LogP contribution in [0.1, 0.15) is 11.4 Å². The number of nitrogens with one attached hydrogen (secondary N) is 2. The molecule has 6 nitrogen and oxygen atoms in total. The lowest BCUT2D eigenvalue weighted by molar-refractivity contribution is 0.286. The molecular formula is C20H16ClFN4O2. The minimum atomic E-state index is -0.410. The maximum atomic E-state index is 13.6. The molecule has 2 aromatic heterocycles. The number of halogens is 2. The monoisotopic (exact) mass is 398 g/mol. The van der Waals surface area contributed by atoms with Gasteiger partial charge in [-0.15, -0.1) is 0 Å². The third kappa shape index (κ3) is 4.15. The zero-order chi connectivity index (χ0) is 19.3. The summed E-state index contributed by atoms with van der Waals surface area (Å²) in [6, 6.07) is 13.5. The lowest BCUT2D eigenvalue weighted by Crippen LogP contribution is -1.98. The molecule has 8 heteroatoms. The molecular weight excluding hydrogens is 383 g/mol. The lowest BCUT2D eigenvalue weighted by Gasteiger charge is -2.05. The van der Waals surface area contributed by atoms with Crippen LogP contribution in [-0.2, 0) is 13.2 Å². The number of hydrogen-bond acceptors (Lipinski definition) is 4. The van der Waals surface area contributed by atoms with Gasteiger partial charge >= 0.3 is 0 Å². The molecule has 0 saturated heterocycles. The van der Waals surface area contributed by atoms with E-state index in [2.05, 4.69) is 19.9 Å². The van der Waals surface area contributed by atoms with Crippen molar-refractivity contribution in [1.29, 1.82) is 0 Å². The molecule has 0 radical (unpaired) electrons. The predicted octanol–water partition coefficient (Wildman–Crippen LogP) is 4.75. The molecule has 0 aliphatic rings. The molecule has 28 heavy (non-hydrogen) atoms. The van der Waals surface area contributed by atoms with E-state index in [-0.39, 0.29) is 19.0 Å². The van der Waals surface area contributed by atoms with Gasteiger partial charge < -0.3 is 19.4 Å². The fourth-order valence-corrected chi connectivity index (χ4v) is 2.73. The van der Waals surface area contributed by atoms with Gasteiger partial charge in [0, 0.05) is 12.4 Å². The van der Waals surface area contributed by atoms with Crippen LogP contribution < -0.4 is 9.47 Å². The van der Waals surface area contributed by atoms with Crippen molar-refractivity contribution in [1.82, 2.24) is 19.9 Å². The van der Waals surface area contributed by atoms with E-state index < -0.39 is 5.82 Å². The molecule has 0 amide bonds. The fourth-order valence-electron chi connectivity index (χ4n) is 2.54. The van der Waals surface area contributed by atoms with E-state index in [9.17, 15) is 4.39 Å². The average molecular weight is 399 g/mol. The topological polar surface area (TPSA) is 75.8 Å². The van der Waals surface area contributed by atoms with E-state index in [1.807, 2.05) is 12.1 Å². The Morgan fingerprint density at radius 3 is 1.93 bits per heavy atom. The molecule has 0 fully saturated rings. The third-order valence-electron chi connectivity index (χ3n) is 3.91. The summed E-state index contributed by atoms with van der Waals surface area (Å²) in [6.45, 7) is 0.408.